The molecule has 4 rings (SSSR count). The van der Waals surface area contributed by atoms with Crippen LogP contribution in [0.3, 0.4) is 0 Å². The van der Waals surface area contributed by atoms with Crippen LogP contribution in [0.2, 0.25) is 10.0 Å². The lowest BCUT2D eigenvalue weighted by molar-refractivity contribution is 0.536. The Labute approximate surface area is 153 Å². The normalized spacial score (nSPS) is 11.2. The molecule has 6 heteroatoms. The van der Waals surface area contributed by atoms with Gasteiger partial charge in [-0.05, 0) is 30.7 Å². The van der Waals surface area contributed by atoms with E-state index in [4.69, 9.17) is 27.6 Å². The second kappa shape index (κ2) is 6.06. The van der Waals surface area contributed by atoms with Crippen molar-refractivity contribution in [2.24, 2.45) is 0 Å². The quantitative estimate of drug-likeness (QED) is 0.483. The summed E-state index contributed by atoms with van der Waals surface area (Å²) < 4.78 is 7.04. The van der Waals surface area contributed by atoms with Gasteiger partial charge in [-0.1, -0.05) is 53.5 Å². The Morgan fingerprint density at radius 2 is 1.76 bits per heavy atom. The van der Waals surface area contributed by atoms with Gasteiger partial charge >= 0.3 is 5.63 Å². The Morgan fingerprint density at radius 1 is 1.00 bits per heavy atom. The molecular weight excluding hydrogens is 359 g/mol. The van der Waals surface area contributed by atoms with E-state index < -0.39 is 5.63 Å². The zero-order chi connectivity index (χ0) is 17.6. The number of aromatic nitrogens is 2. The summed E-state index contributed by atoms with van der Waals surface area (Å²) in [6, 6.07) is 16.3. The molecule has 0 amide bonds. The van der Waals surface area contributed by atoms with Gasteiger partial charge in [-0.2, -0.15) is 9.78 Å². The minimum Gasteiger partial charge on any atom is -0.403 e. The SMILES string of the molecule is Cc1nn(-c2ccc(Cl)c(Cl)c2)c2oc(=O)cc(-c3ccccc3)c12. The molecule has 4 nitrogen and oxygen atoms in total. The fourth-order valence-electron chi connectivity index (χ4n) is 2.86. The number of hydrogen-bond acceptors (Lipinski definition) is 3. The summed E-state index contributed by atoms with van der Waals surface area (Å²) in [5, 5.41) is 6.18. The second-order valence-electron chi connectivity index (χ2n) is 5.62. The highest BCUT2D eigenvalue weighted by atomic mass is 35.5. The number of halogens is 2. The minimum atomic E-state index is -0.437. The minimum absolute atomic E-state index is 0.377. The van der Waals surface area contributed by atoms with Crippen LogP contribution in [-0.2, 0) is 0 Å². The van der Waals surface area contributed by atoms with Gasteiger partial charge in [-0.15, -0.1) is 0 Å². The maximum absolute atomic E-state index is 12.1. The Kier molecular flexibility index (Phi) is 3.86. The Hall–Kier alpha value is -2.56. The van der Waals surface area contributed by atoms with Gasteiger partial charge in [0.05, 0.1) is 26.8 Å². The summed E-state index contributed by atoms with van der Waals surface area (Å²) in [7, 11) is 0. The van der Waals surface area contributed by atoms with Crippen LogP contribution in [0.5, 0.6) is 0 Å². The summed E-state index contributed by atoms with van der Waals surface area (Å²) in [4.78, 5) is 12.1. The van der Waals surface area contributed by atoms with Crippen LogP contribution in [0.1, 0.15) is 5.69 Å². The number of nitrogens with zero attached hydrogens (tertiary/aromatic N) is 2. The van der Waals surface area contributed by atoms with Gasteiger partial charge in [0.25, 0.3) is 0 Å². The van der Waals surface area contributed by atoms with Crippen molar-refractivity contribution in [3.05, 3.63) is 80.8 Å². The third-order valence-electron chi connectivity index (χ3n) is 3.98. The average molecular weight is 371 g/mol. The first kappa shape index (κ1) is 15.9. The highest BCUT2D eigenvalue weighted by molar-refractivity contribution is 6.42. The van der Waals surface area contributed by atoms with E-state index in [0.29, 0.717) is 21.4 Å². The van der Waals surface area contributed by atoms with Crippen molar-refractivity contribution in [3.63, 3.8) is 0 Å². The lowest BCUT2D eigenvalue weighted by atomic mass is 10.0. The van der Waals surface area contributed by atoms with Crippen molar-refractivity contribution in [3.8, 4) is 16.8 Å². The molecule has 2 aromatic heterocycles. The van der Waals surface area contributed by atoms with Gasteiger partial charge in [-0.25, -0.2) is 4.79 Å². The lowest BCUT2D eigenvalue weighted by Crippen LogP contribution is -2.02. The van der Waals surface area contributed by atoms with E-state index in [2.05, 4.69) is 5.10 Å². The van der Waals surface area contributed by atoms with Crippen LogP contribution in [0.25, 0.3) is 27.9 Å². The van der Waals surface area contributed by atoms with E-state index in [1.807, 2.05) is 37.3 Å². The molecule has 0 atom stereocenters. The fraction of sp³-hybridized carbons (Fsp3) is 0.0526. The van der Waals surface area contributed by atoms with Crippen LogP contribution in [-0.4, -0.2) is 9.78 Å². The fourth-order valence-corrected chi connectivity index (χ4v) is 3.15. The van der Waals surface area contributed by atoms with Crippen LogP contribution >= 0.6 is 23.2 Å². The maximum Gasteiger partial charge on any atom is 0.338 e. The number of fused-ring (bicyclic) bond motifs is 1. The highest BCUT2D eigenvalue weighted by Gasteiger charge is 2.18. The summed E-state index contributed by atoms with van der Waals surface area (Å²) >= 11 is 12.1. The summed E-state index contributed by atoms with van der Waals surface area (Å²) in [5.74, 6) is 0. The van der Waals surface area contributed by atoms with Gasteiger partial charge < -0.3 is 4.42 Å². The Balaban J connectivity index is 2.05. The molecule has 0 fully saturated rings. The first-order chi connectivity index (χ1) is 12.0. The molecule has 0 saturated heterocycles. The predicted octanol–water partition coefficient (Wildman–Crippen LogP) is 5.26. The molecule has 0 unspecified atom stereocenters. The van der Waals surface area contributed by atoms with Gasteiger partial charge in [0.1, 0.15) is 0 Å². The molecule has 0 saturated carbocycles. The number of benzene rings is 2. The van der Waals surface area contributed by atoms with Crippen molar-refractivity contribution in [2.75, 3.05) is 0 Å². The van der Waals surface area contributed by atoms with E-state index in [1.54, 1.807) is 22.9 Å². The Bertz CT molecular complexity index is 1150. The Morgan fingerprint density at radius 3 is 2.48 bits per heavy atom. The molecule has 0 bridgehead atoms. The van der Waals surface area contributed by atoms with Crippen molar-refractivity contribution >= 4 is 34.3 Å². The smallest absolute Gasteiger partial charge is 0.338 e. The van der Waals surface area contributed by atoms with Crippen molar-refractivity contribution in [1.29, 1.82) is 0 Å². The maximum atomic E-state index is 12.1. The number of rotatable bonds is 2. The monoisotopic (exact) mass is 370 g/mol. The van der Waals surface area contributed by atoms with Gasteiger partial charge in [-0.3, -0.25) is 0 Å². The highest BCUT2D eigenvalue weighted by Crippen LogP contribution is 2.32. The molecule has 2 aromatic carbocycles. The first-order valence-corrected chi connectivity index (χ1v) is 8.34. The van der Waals surface area contributed by atoms with Gasteiger partial charge in [0.15, 0.2) is 0 Å². The predicted molar refractivity (Wildman–Crippen MR) is 99.8 cm³/mol. The largest absolute Gasteiger partial charge is 0.403 e. The zero-order valence-electron chi connectivity index (χ0n) is 13.2. The van der Waals surface area contributed by atoms with Crippen molar-refractivity contribution in [1.82, 2.24) is 9.78 Å². The third-order valence-corrected chi connectivity index (χ3v) is 4.72. The second-order valence-corrected chi connectivity index (χ2v) is 6.44. The number of aryl methyl sites for hydroxylation is 1. The van der Waals surface area contributed by atoms with Crippen molar-refractivity contribution < 1.29 is 4.42 Å². The van der Waals surface area contributed by atoms with E-state index in [1.165, 1.54) is 6.07 Å². The van der Waals surface area contributed by atoms with E-state index in [9.17, 15) is 4.79 Å². The van der Waals surface area contributed by atoms with E-state index in [-0.39, 0.29) is 0 Å². The topological polar surface area (TPSA) is 48.0 Å². The molecule has 25 heavy (non-hydrogen) atoms. The van der Waals surface area contributed by atoms with E-state index in [0.717, 1.165) is 22.2 Å². The lowest BCUT2D eigenvalue weighted by Gasteiger charge is -2.05. The van der Waals surface area contributed by atoms with Crippen LogP contribution in [0, 0.1) is 6.92 Å². The molecule has 0 aliphatic carbocycles. The van der Waals surface area contributed by atoms with Gasteiger partial charge in [0.2, 0.25) is 5.71 Å². The molecule has 0 radical (unpaired) electrons. The van der Waals surface area contributed by atoms with Crippen molar-refractivity contribution in [2.45, 2.75) is 6.92 Å². The van der Waals surface area contributed by atoms with E-state index >= 15 is 0 Å². The van der Waals surface area contributed by atoms with Gasteiger partial charge in [0, 0.05) is 11.6 Å². The van der Waals surface area contributed by atoms with Crippen LogP contribution in [0.15, 0.2) is 63.8 Å². The first-order valence-electron chi connectivity index (χ1n) is 7.59. The molecular formula is C19H12Cl2N2O2. The molecule has 124 valence electrons. The zero-order valence-corrected chi connectivity index (χ0v) is 14.7. The van der Waals surface area contributed by atoms with Crippen LogP contribution < -0.4 is 5.63 Å². The third kappa shape index (κ3) is 2.73. The summed E-state index contributed by atoms with van der Waals surface area (Å²) in [6.45, 7) is 1.88. The molecule has 0 spiro atoms. The number of hydrogen-bond donors (Lipinski definition) is 0. The molecule has 2 heterocycles. The standard InChI is InChI=1S/C19H12Cl2N2O2/c1-11-18-14(12-5-3-2-4-6-12)10-17(24)25-19(18)23(22-11)13-7-8-15(20)16(21)9-13/h2-10H,1H3. The summed E-state index contributed by atoms with van der Waals surface area (Å²) in [5.41, 5.74) is 3.08. The van der Waals surface area contributed by atoms with Crippen LogP contribution in [0.4, 0.5) is 0 Å². The molecule has 4 aromatic rings. The molecule has 0 aliphatic heterocycles. The molecule has 0 N–H and O–H groups in total. The molecule has 0 aliphatic rings. The average Bonchev–Trinajstić information content (AvgIpc) is 2.94. The summed E-state index contributed by atoms with van der Waals surface area (Å²) in [6.07, 6.45) is 0.